The third-order valence-electron chi connectivity index (χ3n) is 6.95. The molecule has 0 aromatic heterocycles. The first-order valence-electron chi connectivity index (χ1n) is 12.1. The number of rotatable bonds is 9. The Hall–Kier alpha value is -1.64. The van der Waals surface area contributed by atoms with Crippen LogP contribution in [0.1, 0.15) is 90.0 Å². The fourth-order valence-corrected chi connectivity index (χ4v) is 5.14. The molecule has 0 saturated heterocycles. The Morgan fingerprint density at radius 3 is 2.43 bits per heavy atom. The fraction of sp³-hybridized carbons (Fsp3) is 0.630. The van der Waals surface area contributed by atoms with Crippen LogP contribution in [-0.2, 0) is 0 Å². The molecule has 1 nitrogen and oxygen atoms in total. The summed E-state index contributed by atoms with van der Waals surface area (Å²) in [6, 6.07) is 3.21. The van der Waals surface area contributed by atoms with Gasteiger partial charge in [0, 0.05) is 5.56 Å². The maximum Gasteiger partial charge on any atom is 0.201 e. The van der Waals surface area contributed by atoms with Crippen LogP contribution >= 0.6 is 0 Å². The zero-order chi connectivity index (χ0) is 21.3. The second-order valence-electron chi connectivity index (χ2n) is 9.12. The summed E-state index contributed by atoms with van der Waals surface area (Å²) in [7, 11) is 0. The summed E-state index contributed by atoms with van der Waals surface area (Å²) in [6.07, 6.45) is 20.4. The maximum atomic E-state index is 14.5. The van der Waals surface area contributed by atoms with E-state index in [1.807, 2.05) is 0 Å². The first kappa shape index (κ1) is 23.0. The van der Waals surface area contributed by atoms with E-state index in [0.717, 1.165) is 43.1 Å². The van der Waals surface area contributed by atoms with Gasteiger partial charge in [-0.1, -0.05) is 38.0 Å². The largest absolute Gasteiger partial charge is 0.491 e. The molecule has 1 saturated carbocycles. The number of hydrogen-bond acceptors (Lipinski definition) is 1. The molecule has 0 spiro atoms. The first-order chi connectivity index (χ1) is 14.6. The van der Waals surface area contributed by atoms with Gasteiger partial charge < -0.3 is 4.74 Å². The Balaban J connectivity index is 1.44. The Morgan fingerprint density at radius 1 is 0.967 bits per heavy atom. The highest BCUT2D eigenvalue weighted by Gasteiger charge is 2.21. The summed E-state index contributed by atoms with van der Waals surface area (Å²) in [6.45, 7) is 4.39. The van der Waals surface area contributed by atoms with Gasteiger partial charge in [-0.2, -0.15) is 4.39 Å². The van der Waals surface area contributed by atoms with E-state index in [4.69, 9.17) is 4.74 Å². The van der Waals surface area contributed by atoms with Crippen molar-refractivity contribution in [1.29, 1.82) is 0 Å². The van der Waals surface area contributed by atoms with Crippen molar-refractivity contribution in [2.24, 2.45) is 17.8 Å². The fourth-order valence-electron chi connectivity index (χ4n) is 5.14. The molecular weight excluding hydrogens is 378 g/mol. The average molecular weight is 417 g/mol. The van der Waals surface area contributed by atoms with Crippen molar-refractivity contribution in [3.8, 4) is 5.75 Å². The second-order valence-corrected chi connectivity index (χ2v) is 9.12. The lowest BCUT2D eigenvalue weighted by molar-refractivity contribution is 0.294. The Morgan fingerprint density at radius 2 is 1.77 bits per heavy atom. The highest BCUT2D eigenvalue weighted by Crippen LogP contribution is 2.36. The van der Waals surface area contributed by atoms with E-state index in [-0.39, 0.29) is 5.75 Å². The van der Waals surface area contributed by atoms with Gasteiger partial charge in [0.25, 0.3) is 0 Å². The van der Waals surface area contributed by atoms with Crippen LogP contribution in [0.15, 0.2) is 30.4 Å². The minimum absolute atomic E-state index is 0.00123. The lowest BCUT2D eigenvalue weighted by Gasteiger charge is -2.26. The van der Waals surface area contributed by atoms with Gasteiger partial charge in [0.1, 0.15) is 0 Å². The zero-order valence-corrected chi connectivity index (χ0v) is 18.8. The molecule has 3 rings (SSSR count). The molecule has 0 aliphatic heterocycles. The maximum absolute atomic E-state index is 14.5. The van der Waals surface area contributed by atoms with Crippen LogP contribution in [0.5, 0.6) is 5.75 Å². The van der Waals surface area contributed by atoms with E-state index >= 15 is 0 Å². The summed E-state index contributed by atoms with van der Waals surface area (Å²) in [5, 5.41) is 0. The van der Waals surface area contributed by atoms with E-state index < -0.39 is 11.6 Å². The highest BCUT2D eigenvalue weighted by atomic mass is 19.2. The van der Waals surface area contributed by atoms with E-state index in [9.17, 15) is 8.78 Å². The lowest BCUT2D eigenvalue weighted by atomic mass is 9.80. The summed E-state index contributed by atoms with van der Waals surface area (Å²) in [5.74, 6) is 0.756. The monoisotopic (exact) mass is 416 g/mol. The van der Waals surface area contributed by atoms with Gasteiger partial charge in [0.05, 0.1) is 6.61 Å². The quantitative estimate of drug-likeness (QED) is 0.367. The lowest BCUT2D eigenvalue weighted by Crippen LogP contribution is -2.12. The number of ether oxygens (including phenoxy) is 1. The van der Waals surface area contributed by atoms with Crippen molar-refractivity contribution in [2.45, 2.75) is 84.5 Å². The van der Waals surface area contributed by atoms with Gasteiger partial charge in [-0.05, 0) is 100 Å². The Bertz CT molecular complexity index is 729. The molecule has 0 bridgehead atoms. The Kier molecular flexibility index (Phi) is 8.96. The molecule has 1 aromatic carbocycles. The third-order valence-corrected chi connectivity index (χ3v) is 6.95. The standard InChI is InChI=1S/C27H38F2O/c1-3-7-20-10-12-21(13-11-20)8-5-6-9-22-14-16-23(17-15-22)24-18-19-25(30-4-2)27(29)26(24)28/h5,8,16,18-22H,3-4,6-7,9-15,17H2,1-2H3/t20-,21-,22?. The van der Waals surface area contributed by atoms with E-state index in [0.29, 0.717) is 18.1 Å². The van der Waals surface area contributed by atoms with Crippen LogP contribution in [0.25, 0.3) is 5.57 Å². The van der Waals surface area contributed by atoms with Crippen molar-refractivity contribution in [3.05, 3.63) is 47.6 Å². The SMILES string of the molecule is CCC[C@H]1CC[C@H](C=CCCC2CC=C(c3ccc(OCC)c(F)c3F)CC2)CC1. The van der Waals surface area contributed by atoms with Gasteiger partial charge in [-0.25, -0.2) is 4.39 Å². The first-order valence-corrected chi connectivity index (χ1v) is 12.1. The van der Waals surface area contributed by atoms with Gasteiger partial charge in [-0.15, -0.1) is 0 Å². The topological polar surface area (TPSA) is 9.23 Å². The highest BCUT2D eigenvalue weighted by molar-refractivity contribution is 5.67. The van der Waals surface area contributed by atoms with Crippen LogP contribution in [0, 0.1) is 29.4 Å². The molecule has 1 atom stereocenters. The molecule has 1 aromatic rings. The van der Waals surface area contributed by atoms with Gasteiger partial charge in [0.15, 0.2) is 11.6 Å². The van der Waals surface area contributed by atoms with Crippen LogP contribution in [-0.4, -0.2) is 6.61 Å². The second kappa shape index (κ2) is 11.7. The Labute approximate surface area is 181 Å². The molecule has 1 unspecified atom stereocenters. The predicted molar refractivity (Wildman–Crippen MR) is 122 cm³/mol. The van der Waals surface area contributed by atoms with Crippen LogP contribution in [0.4, 0.5) is 8.78 Å². The molecule has 166 valence electrons. The number of benzene rings is 1. The number of allylic oxidation sites excluding steroid dienone is 4. The summed E-state index contributed by atoms with van der Waals surface area (Å²) >= 11 is 0. The number of hydrogen-bond donors (Lipinski definition) is 0. The molecule has 0 amide bonds. The number of halogens is 2. The molecule has 0 N–H and O–H groups in total. The van der Waals surface area contributed by atoms with Gasteiger partial charge in [-0.3, -0.25) is 0 Å². The van der Waals surface area contributed by atoms with Crippen LogP contribution in [0.2, 0.25) is 0 Å². The van der Waals surface area contributed by atoms with E-state index in [2.05, 4.69) is 25.2 Å². The molecule has 3 heteroatoms. The summed E-state index contributed by atoms with van der Waals surface area (Å²) < 4.78 is 33.8. The molecule has 30 heavy (non-hydrogen) atoms. The van der Waals surface area contributed by atoms with Crippen molar-refractivity contribution in [2.75, 3.05) is 6.61 Å². The normalized spacial score (nSPS) is 24.8. The zero-order valence-electron chi connectivity index (χ0n) is 18.8. The molecule has 1 fully saturated rings. The van der Waals surface area contributed by atoms with Crippen molar-refractivity contribution >= 4 is 5.57 Å². The smallest absolute Gasteiger partial charge is 0.201 e. The van der Waals surface area contributed by atoms with Crippen molar-refractivity contribution in [3.63, 3.8) is 0 Å². The minimum atomic E-state index is -0.869. The average Bonchev–Trinajstić information content (AvgIpc) is 2.77. The minimum Gasteiger partial charge on any atom is -0.491 e. The van der Waals surface area contributed by atoms with Crippen molar-refractivity contribution in [1.82, 2.24) is 0 Å². The molecule has 2 aliphatic carbocycles. The third kappa shape index (κ3) is 6.18. The van der Waals surface area contributed by atoms with Crippen LogP contribution < -0.4 is 4.74 Å². The van der Waals surface area contributed by atoms with E-state index in [1.54, 1.807) is 19.1 Å². The summed E-state index contributed by atoms with van der Waals surface area (Å²) in [5.41, 5.74) is 1.33. The molecule has 2 aliphatic rings. The molecule has 0 heterocycles. The van der Waals surface area contributed by atoms with Crippen LogP contribution in [0.3, 0.4) is 0 Å². The van der Waals surface area contributed by atoms with Crippen molar-refractivity contribution < 1.29 is 13.5 Å². The van der Waals surface area contributed by atoms with Gasteiger partial charge in [0.2, 0.25) is 5.82 Å². The molecule has 0 radical (unpaired) electrons. The predicted octanol–water partition coefficient (Wildman–Crippen LogP) is 8.49. The van der Waals surface area contributed by atoms with Gasteiger partial charge >= 0.3 is 0 Å². The molecular formula is C27H38F2O. The van der Waals surface area contributed by atoms with E-state index in [1.165, 1.54) is 44.9 Å². The summed E-state index contributed by atoms with van der Waals surface area (Å²) in [4.78, 5) is 0.